The molecule has 0 fully saturated rings. The van der Waals surface area contributed by atoms with Crippen LogP contribution < -0.4 is 9.47 Å². The smallest absolute Gasteiger partial charge is 0.123 e. The van der Waals surface area contributed by atoms with Crippen LogP contribution in [0.25, 0.3) is 0 Å². The average Bonchev–Trinajstić information content (AvgIpc) is 2.42. The van der Waals surface area contributed by atoms with Crippen molar-refractivity contribution < 1.29 is 9.47 Å². The van der Waals surface area contributed by atoms with E-state index in [0.29, 0.717) is 13.2 Å². The first-order valence-electron chi connectivity index (χ1n) is 7.12. The maximum absolute atomic E-state index is 5.62. The summed E-state index contributed by atoms with van der Waals surface area (Å²) in [6.07, 6.45) is 7.19. The Morgan fingerprint density at radius 2 is 1.75 bits per heavy atom. The molecule has 1 aliphatic heterocycles. The number of ether oxygens (including phenoxy) is 2. The molecule has 1 heterocycles. The molecule has 0 aromatic heterocycles. The molecule has 20 heavy (non-hydrogen) atoms. The maximum Gasteiger partial charge on any atom is 0.123 e. The molecule has 0 unspecified atom stereocenters. The summed E-state index contributed by atoms with van der Waals surface area (Å²) in [5, 5.41) is 0. The van der Waals surface area contributed by atoms with Gasteiger partial charge >= 0.3 is 0 Å². The molecule has 1 radical (unpaired) electrons. The molecule has 3 heteroatoms. The molecule has 0 N–H and O–H groups in total. The molecule has 1 aliphatic rings. The van der Waals surface area contributed by atoms with Crippen molar-refractivity contribution in [1.82, 2.24) is 4.90 Å². The molecular formula is C17H22NO2. The fraction of sp³-hybridized carbons (Fsp3) is 0.412. The molecule has 0 spiro atoms. The zero-order chi connectivity index (χ0) is 14.4. The Labute approximate surface area is 121 Å². The third kappa shape index (κ3) is 3.80. The van der Waals surface area contributed by atoms with Crippen molar-refractivity contribution in [3.05, 3.63) is 47.7 Å². The fourth-order valence-electron chi connectivity index (χ4n) is 2.21. The van der Waals surface area contributed by atoms with Gasteiger partial charge in [-0.25, -0.2) is 0 Å². The van der Waals surface area contributed by atoms with Gasteiger partial charge in [-0.1, -0.05) is 6.08 Å². The van der Waals surface area contributed by atoms with Gasteiger partial charge < -0.3 is 14.4 Å². The van der Waals surface area contributed by atoms with Gasteiger partial charge in [0.25, 0.3) is 0 Å². The Kier molecular flexibility index (Phi) is 5.10. The van der Waals surface area contributed by atoms with Crippen LogP contribution in [0.4, 0.5) is 0 Å². The predicted molar refractivity (Wildman–Crippen MR) is 80.8 cm³/mol. The lowest BCUT2D eigenvalue weighted by Gasteiger charge is -2.26. The van der Waals surface area contributed by atoms with Gasteiger partial charge in [-0.15, -0.1) is 0 Å². The lowest BCUT2D eigenvalue weighted by molar-refractivity contribution is 0.319. The van der Waals surface area contributed by atoms with Crippen LogP contribution >= 0.6 is 0 Å². The zero-order valence-corrected chi connectivity index (χ0v) is 12.5. The Hall–Kier alpha value is -1.90. The lowest BCUT2D eigenvalue weighted by Crippen LogP contribution is -2.23. The Balaban J connectivity index is 2.17. The average molecular weight is 272 g/mol. The van der Waals surface area contributed by atoms with E-state index in [0.717, 1.165) is 24.6 Å². The minimum Gasteiger partial charge on any atom is -0.494 e. The normalized spacial score (nSPS) is 14.2. The summed E-state index contributed by atoms with van der Waals surface area (Å²) in [7, 11) is 0. The van der Waals surface area contributed by atoms with E-state index in [1.54, 1.807) is 0 Å². The molecule has 3 nitrogen and oxygen atoms in total. The highest BCUT2D eigenvalue weighted by atomic mass is 16.5. The summed E-state index contributed by atoms with van der Waals surface area (Å²) in [6, 6.07) is 6.12. The predicted octanol–water partition coefficient (Wildman–Crippen LogP) is 3.56. The van der Waals surface area contributed by atoms with Gasteiger partial charge in [0.2, 0.25) is 0 Å². The van der Waals surface area contributed by atoms with Gasteiger partial charge in [0.1, 0.15) is 11.5 Å². The molecule has 107 valence electrons. The summed E-state index contributed by atoms with van der Waals surface area (Å²) >= 11 is 0. The van der Waals surface area contributed by atoms with Crippen LogP contribution in [0.3, 0.4) is 0 Å². The number of benzene rings is 1. The van der Waals surface area contributed by atoms with E-state index in [-0.39, 0.29) is 0 Å². The molecule has 2 rings (SSSR count). The van der Waals surface area contributed by atoms with E-state index in [1.165, 1.54) is 11.3 Å². The summed E-state index contributed by atoms with van der Waals surface area (Å²) in [6.45, 7) is 9.16. The molecule has 1 aromatic carbocycles. The molecule has 1 aromatic rings. The Morgan fingerprint density at radius 1 is 1.10 bits per heavy atom. The lowest BCUT2D eigenvalue weighted by atomic mass is 10.1. The third-order valence-corrected chi connectivity index (χ3v) is 3.16. The number of hydrogen-bond acceptors (Lipinski definition) is 3. The van der Waals surface area contributed by atoms with Crippen LogP contribution in [-0.4, -0.2) is 24.7 Å². The fourth-order valence-corrected chi connectivity index (χ4v) is 2.21. The standard InChI is InChI=1S/C17H22NO2/c1-4-19-16-10-15(11-17(12-16)20-5-2)13-18-9-7-6-8-14(18)3/h7-8,10-12H,4-5,9,13H2,1-3H3. The van der Waals surface area contributed by atoms with Gasteiger partial charge in [0.15, 0.2) is 0 Å². The number of nitrogens with zero attached hydrogens (tertiary/aromatic N) is 1. The van der Waals surface area contributed by atoms with Crippen molar-refractivity contribution >= 4 is 0 Å². The quantitative estimate of drug-likeness (QED) is 0.790. The van der Waals surface area contributed by atoms with Crippen molar-refractivity contribution in [2.45, 2.75) is 27.3 Å². The number of allylic oxidation sites excluding steroid dienone is 3. The van der Waals surface area contributed by atoms with E-state index >= 15 is 0 Å². The van der Waals surface area contributed by atoms with Gasteiger partial charge in [-0.3, -0.25) is 0 Å². The molecule has 0 amide bonds. The summed E-state index contributed by atoms with van der Waals surface area (Å²) in [5.74, 6) is 1.74. The van der Waals surface area contributed by atoms with E-state index in [9.17, 15) is 0 Å². The third-order valence-electron chi connectivity index (χ3n) is 3.16. The first kappa shape index (κ1) is 14.5. The number of hydrogen-bond donors (Lipinski definition) is 0. The molecule has 0 saturated heterocycles. The zero-order valence-electron chi connectivity index (χ0n) is 12.5. The van der Waals surface area contributed by atoms with Crippen LogP contribution in [-0.2, 0) is 6.54 Å². The highest BCUT2D eigenvalue weighted by molar-refractivity contribution is 5.38. The Morgan fingerprint density at radius 3 is 2.30 bits per heavy atom. The van der Waals surface area contributed by atoms with Crippen LogP contribution in [0.15, 0.2) is 36.0 Å². The van der Waals surface area contributed by atoms with Crippen molar-refractivity contribution in [2.75, 3.05) is 19.8 Å². The van der Waals surface area contributed by atoms with Gasteiger partial charge in [0.05, 0.1) is 13.2 Å². The molecular weight excluding hydrogens is 250 g/mol. The molecule has 0 bridgehead atoms. The van der Waals surface area contributed by atoms with E-state index < -0.39 is 0 Å². The van der Waals surface area contributed by atoms with Gasteiger partial charge in [0, 0.05) is 24.9 Å². The summed E-state index contributed by atoms with van der Waals surface area (Å²) in [4.78, 5) is 2.30. The Bertz CT molecular complexity index is 481. The van der Waals surface area contributed by atoms with Crippen LogP contribution in [0.2, 0.25) is 0 Å². The monoisotopic (exact) mass is 272 g/mol. The summed E-state index contributed by atoms with van der Waals surface area (Å²) < 4.78 is 11.2. The van der Waals surface area contributed by atoms with Crippen molar-refractivity contribution in [1.29, 1.82) is 0 Å². The van der Waals surface area contributed by atoms with E-state index in [1.807, 2.05) is 32.1 Å². The van der Waals surface area contributed by atoms with Gasteiger partial charge in [-0.05, 0) is 50.6 Å². The van der Waals surface area contributed by atoms with E-state index in [4.69, 9.17) is 9.47 Å². The van der Waals surface area contributed by atoms with Crippen molar-refractivity contribution in [2.24, 2.45) is 0 Å². The van der Waals surface area contributed by atoms with Gasteiger partial charge in [-0.2, -0.15) is 0 Å². The molecule has 0 atom stereocenters. The molecule has 0 aliphatic carbocycles. The van der Waals surface area contributed by atoms with Crippen LogP contribution in [0, 0.1) is 6.08 Å². The van der Waals surface area contributed by atoms with E-state index in [2.05, 4.69) is 30.0 Å². The largest absolute Gasteiger partial charge is 0.494 e. The second-order valence-corrected chi connectivity index (χ2v) is 4.72. The maximum atomic E-state index is 5.62. The summed E-state index contributed by atoms with van der Waals surface area (Å²) in [5.41, 5.74) is 2.43. The highest BCUT2D eigenvalue weighted by Crippen LogP contribution is 2.25. The minimum atomic E-state index is 0.662. The van der Waals surface area contributed by atoms with Crippen LogP contribution in [0.1, 0.15) is 26.3 Å². The number of rotatable bonds is 6. The highest BCUT2D eigenvalue weighted by Gasteiger charge is 2.10. The minimum absolute atomic E-state index is 0.662. The van der Waals surface area contributed by atoms with Crippen molar-refractivity contribution in [3.63, 3.8) is 0 Å². The second kappa shape index (κ2) is 7.04. The SMILES string of the molecule is CCOc1cc(CN2CC=[C]C=C2C)cc(OCC)c1. The molecule has 0 saturated carbocycles. The first-order chi connectivity index (χ1) is 9.72. The van der Waals surface area contributed by atoms with Crippen LogP contribution in [0.5, 0.6) is 11.5 Å². The topological polar surface area (TPSA) is 21.7 Å². The van der Waals surface area contributed by atoms with Crippen molar-refractivity contribution in [3.8, 4) is 11.5 Å². The first-order valence-corrected chi connectivity index (χ1v) is 7.12. The second-order valence-electron chi connectivity index (χ2n) is 4.72.